The molecule has 0 unspecified atom stereocenters. The Labute approximate surface area is 252 Å². The van der Waals surface area contributed by atoms with Gasteiger partial charge in [-0.25, -0.2) is 0 Å². The topological polar surface area (TPSA) is 9.86 Å². The minimum atomic E-state index is 0.137. The van der Waals surface area contributed by atoms with Crippen LogP contribution in [0.15, 0.2) is 72.8 Å². The van der Waals surface area contributed by atoms with Crippen LogP contribution in [0.2, 0.25) is 0 Å². The molecule has 4 heteroatoms. The predicted molar refractivity (Wildman–Crippen MR) is 191 cm³/mol. The Bertz CT molecular complexity index is 2000. The molecule has 0 aliphatic carbocycles. The molecule has 2 nitrogen and oxygen atoms in total. The third-order valence-corrected chi connectivity index (χ3v) is 10.2. The zero-order valence-electron chi connectivity index (χ0n) is 26.2. The van der Waals surface area contributed by atoms with Gasteiger partial charge in [-0.15, -0.1) is 0 Å². The van der Waals surface area contributed by atoms with Crippen molar-refractivity contribution in [2.24, 2.45) is 0 Å². The van der Waals surface area contributed by atoms with Crippen molar-refractivity contribution in [3.8, 4) is 11.1 Å². The Morgan fingerprint density at radius 2 is 0.976 bits per heavy atom. The van der Waals surface area contributed by atoms with Gasteiger partial charge in [0.25, 0.3) is 0 Å². The van der Waals surface area contributed by atoms with Crippen molar-refractivity contribution >= 4 is 70.8 Å². The van der Waals surface area contributed by atoms with E-state index in [1.807, 2.05) is 12.2 Å². The van der Waals surface area contributed by atoms with Crippen molar-refractivity contribution in [2.75, 3.05) is 0 Å². The van der Waals surface area contributed by atoms with E-state index in [4.69, 9.17) is 0 Å². The van der Waals surface area contributed by atoms with Crippen LogP contribution in [0.1, 0.15) is 78.4 Å². The van der Waals surface area contributed by atoms with Crippen LogP contribution in [0.5, 0.6) is 0 Å². The molecular formula is C38H42B2N2. The molecule has 0 bridgehead atoms. The van der Waals surface area contributed by atoms with Crippen LogP contribution in [0.25, 0.3) is 54.7 Å². The summed E-state index contributed by atoms with van der Waals surface area (Å²) in [6.45, 7) is 14.0. The van der Waals surface area contributed by atoms with Gasteiger partial charge in [0.15, 0.2) is 0 Å². The molecule has 6 rings (SSSR count). The van der Waals surface area contributed by atoms with E-state index in [1.165, 1.54) is 78.7 Å². The number of hydrogen-bond acceptors (Lipinski definition) is 0. The molecule has 2 heterocycles. The fourth-order valence-electron chi connectivity index (χ4n) is 7.08. The van der Waals surface area contributed by atoms with Crippen molar-refractivity contribution in [1.29, 1.82) is 0 Å². The molecule has 0 saturated heterocycles. The molecule has 0 amide bonds. The normalized spacial score (nSPS) is 12.6. The summed E-state index contributed by atoms with van der Waals surface area (Å²) in [4.78, 5) is 0. The Balaban J connectivity index is 1.57. The first-order valence-electron chi connectivity index (χ1n) is 15.6. The second-order valence-corrected chi connectivity index (χ2v) is 12.9. The van der Waals surface area contributed by atoms with Gasteiger partial charge in [-0.05, 0) is 0 Å². The molecule has 42 heavy (non-hydrogen) atoms. The summed E-state index contributed by atoms with van der Waals surface area (Å²) < 4.78 is 4.46. The Morgan fingerprint density at radius 1 is 0.571 bits per heavy atom. The quantitative estimate of drug-likeness (QED) is 0.160. The van der Waals surface area contributed by atoms with Crippen LogP contribution in [-0.2, 0) is 10.8 Å². The molecule has 2 aromatic heterocycles. The second kappa shape index (κ2) is 10.6. The zero-order chi connectivity index (χ0) is 29.8. The summed E-state index contributed by atoms with van der Waals surface area (Å²) >= 11 is 0. The number of aromatic nitrogens is 2. The molecule has 210 valence electrons. The Morgan fingerprint density at radius 3 is 1.40 bits per heavy atom. The number of nitrogens with zero attached hydrogens (tertiary/aromatic N) is 2. The molecule has 4 aromatic carbocycles. The second-order valence-electron chi connectivity index (χ2n) is 12.9. The van der Waals surface area contributed by atoms with Crippen molar-refractivity contribution in [2.45, 2.75) is 78.1 Å². The van der Waals surface area contributed by atoms with Gasteiger partial charge in [-0.1, -0.05) is 0 Å². The van der Waals surface area contributed by atoms with Gasteiger partial charge < -0.3 is 0 Å². The molecule has 0 aliphatic rings. The summed E-state index contributed by atoms with van der Waals surface area (Å²) in [5.74, 6) is 0. The third kappa shape index (κ3) is 4.34. The number of rotatable bonds is 9. The summed E-state index contributed by atoms with van der Waals surface area (Å²) in [6, 6.07) is 27.8. The van der Waals surface area contributed by atoms with E-state index >= 15 is 0 Å². The van der Waals surface area contributed by atoms with Crippen LogP contribution in [-0.4, -0.2) is 36.3 Å². The van der Waals surface area contributed by atoms with Gasteiger partial charge in [-0.3, -0.25) is 0 Å². The first-order chi connectivity index (χ1) is 20.2. The molecule has 0 aliphatic heterocycles. The molecule has 0 radical (unpaired) electrons. The van der Waals surface area contributed by atoms with Gasteiger partial charge in [0.05, 0.1) is 0 Å². The molecule has 0 fully saturated rings. The first-order valence-corrected chi connectivity index (χ1v) is 15.6. The molecule has 0 spiro atoms. The molecule has 6 aromatic rings. The van der Waals surface area contributed by atoms with Gasteiger partial charge in [0.1, 0.15) is 0 Å². The average Bonchev–Trinajstić information content (AvgIpc) is 3.50. The summed E-state index contributed by atoms with van der Waals surface area (Å²) in [6.07, 6.45) is 8.46. The van der Waals surface area contributed by atoms with E-state index in [9.17, 15) is 0 Å². The van der Waals surface area contributed by atoms with Crippen molar-refractivity contribution in [1.82, 2.24) is 9.13 Å². The fourth-order valence-corrected chi connectivity index (χ4v) is 7.08. The molecule has 0 N–H and O–H groups in total. The summed E-state index contributed by atoms with van der Waals surface area (Å²) in [7, 11) is 8.30. The van der Waals surface area contributed by atoms with Crippen LogP contribution in [0.4, 0.5) is 0 Å². The first kappa shape index (κ1) is 28.5. The standard InChI is InChI=1S/C38H42B2N2/c1-7-18-37(4,5)27-12-16-35-31(21-27)29-19-25(10-14-33(29)41(35)23-39)26-11-15-34-30(20-26)32-22-28(38(6,8-2)9-3)13-17-36(32)42(34)24-40/h10-17,19-24,39-40H,7-9,18H2,1-6H3. The van der Waals surface area contributed by atoms with E-state index in [2.05, 4.69) is 138 Å². The van der Waals surface area contributed by atoms with Crippen LogP contribution < -0.4 is 0 Å². The zero-order valence-corrected chi connectivity index (χ0v) is 26.2. The van der Waals surface area contributed by atoms with Gasteiger partial charge in [-0.2, -0.15) is 0 Å². The van der Waals surface area contributed by atoms with Gasteiger partial charge in [0.2, 0.25) is 0 Å². The monoisotopic (exact) mass is 548 g/mol. The number of fused-ring (bicyclic) bond motifs is 6. The van der Waals surface area contributed by atoms with Crippen molar-refractivity contribution in [3.63, 3.8) is 0 Å². The van der Waals surface area contributed by atoms with E-state index in [-0.39, 0.29) is 10.8 Å². The number of benzene rings is 4. The molecular weight excluding hydrogens is 506 g/mol. The predicted octanol–water partition coefficient (Wildman–Crippen LogP) is 8.74. The van der Waals surface area contributed by atoms with Crippen LogP contribution in [0, 0.1) is 0 Å². The van der Waals surface area contributed by atoms with Crippen LogP contribution in [0.3, 0.4) is 0 Å². The van der Waals surface area contributed by atoms with E-state index in [1.54, 1.807) is 0 Å². The van der Waals surface area contributed by atoms with E-state index < -0.39 is 0 Å². The van der Waals surface area contributed by atoms with E-state index in [0.29, 0.717) is 0 Å². The Hall–Kier alpha value is -3.65. The summed E-state index contributed by atoms with van der Waals surface area (Å²) in [5.41, 5.74) is 10.4. The summed E-state index contributed by atoms with van der Waals surface area (Å²) in [5, 5.41) is 5.13. The van der Waals surface area contributed by atoms with Gasteiger partial charge >= 0.3 is 253 Å². The van der Waals surface area contributed by atoms with Gasteiger partial charge in [0, 0.05) is 0 Å². The average molecular weight is 548 g/mol. The van der Waals surface area contributed by atoms with Crippen molar-refractivity contribution in [3.05, 3.63) is 83.9 Å². The Kier molecular flexibility index (Phi) is 7.16. The maximum atomic E-state index is 4.15. The molecule has 0 atom stereocenters. The van der Waals surface area contributed by atoms with E-state index in [0.717, 1.165) is 12.8 Å². The SMILES string of the molecule is B=Cn1c2ccc(-c3ccc4c(c3)c3cc(C(C)(CC)CC)ccc3n4C=B)cc2c2cc(C(C)(C)CCC)ccc21. The number of hydrogen-bond donors (Lipinski definition) is 0. The van der Waals surface area contributed by atoms with Crippen molar-refractivity contribution < 1.29 is 0 Å². The fraction of sp³-hybridized carbons (Fsp3) is 0.316. The molecule has 0 saturated carbocycles. The minimum absolute atomic E-state index is 0.137. The third-order valence-electron chi connectivity index (χ3n) is 10.2. The maximum absolute atomic E-state index is 4.15. The van der Waals surface area contributed by atoms with Crippen LogP contribution >= 0.6 is 0 Å².